The zero-order valence-corrected chi connectivity index (χ0v) is 15.2. The fraction of sp³-hybridized carbons (Fsp3) is 0.150. The molecule has 1 aromatic carbocycles. The number of anilines is 1. The van der Waals surface area contributed by atoms with Gasteiger partial charge in [0.2, 0.25) is 5.89 Å². The molecular formula is C20H16N4OS. The Kier molecular flexibility index (Phi) is 4.15. The summed E-state index contributed by atoms with van der Waals surface area (Å²) in [6.07, 6.45) is 3.26. The fourth-order valence-electron chi connectivity index (χ4n) is 3.02. The van der Waals surface area contributed by atoms with E-state index in [-0.39, 0.29) is 0 Å². The molecule has 3 aromatic heterocycles. The average molecular weight is 360 g/mol. The third kappa shape index (κ3) is 2.93. The minimum atomic E-state index is 0.468. The summed E-state index contributed by atoms with van der Waals surface area (Å²) >= 11 is 1.59. The predicted octanol–water partition coefficient (Wildman–Crippen LogP) is 5.05. The zero-order chi connectivity index (χ0) is 18.1. The Morgan fingerprint density at radius 2 is 2.19 bits per heavy atom. The van der Waals surface area contributed by atoms with Gasteiger partial charge in [-0.3, -0.25) is 4.98 Å². The topological polar surface area (TPSA) is 74.7 Å². The van der Waals surface area contributed by atoms with Crippen LogP contribution in [0.25, 0.3) is 21.7 Å². The maximum Gasteiger partial charge on any atom is 0.236 e. The van der Waals surface area contributed by atoms with Gasteiger partial charge in [-0.1, -0.05) is 17.7 Å². The van der Waals surface area contributed by atoms with Crippen LogP contribution in [0.4, 0.5) is 5.69 Å². The summed E-state index contributed by atoms with van der Waals surface area (Å²) in [5.74, 6) is 0.614. The van der Waals surface area contributed by atoms with E-state index in [0.29, 0.717) is 18.0 Å². The molecule has 0 saturated carbocycles. The lowest BCUT2D eigenvalue weighted by molar-refractivity contribution is 0.574. The van der Waals surface area contributed by atoms with Gasteiger partial charge >= 0.3 is 0 Å². The van der Waals surface area contributed by atoms with Crippen LogP contribution in [-0.4, -0.2) is 9.97 Å². The summed E-state index contributed by atoms with van der Waals surface area (Å²) in [6.45, 7) is 4.54. The van der Waals surface area contributed by atoms with E-state index in [2.05, 4.69) is 33.5 Å². The zero-order valence-electron chi connectivity index (χ0n) is 14.4. The molecule has 4 rings (SSSR count). The van der Waals surface area contributed by atoms with Crippen LogP contribution in [0.15, 0.2) is 46.5 Å². The number of fused-ring (bicyclic) bond motifs is 1. The normalized spacial score (nSPS) is 10.8. The molecule has 0 radical (unpaired) electrons. The third-order valence-electron chi connectivity index (χ3n) is 4.16. The number of hydrogen-bond acceptors (Lipinski definition) is 6. The number of aromatic nitrogens is 2. The molecule has 0 fully saturated rings. The second-order valence-electron chi connectivity index (χ2n) is 6.11. The highest BCUT2D eigenvalue weighted by Gasteiger charge is 2.13. The molecule has 0 aliphatic heterocycles. The average Bonchev–Trinajstić information content (AvgIpc) is 3.30. The van der Waals surface area contributed by atoms with Gasteiger partial charge in [-0.25, -0.2) is 4.98 Å². The molecule has 0 unspecified atom stereocenters. The van der Waals surface area contributed by atoms with E-state index in [0.717, 1.165) is 38.3 Å². The molecule has 5 nitrogen and oxygen atoms in total. The van der Waals surface area contributed by atoms with Crippen LogP contribution < -0.4 is 5.32 Å². The van der Waals surface area contributed by atoms with Crippen molar-refractivity contribution in [2.24, 2.45) is 0 Å². The van der Waals surface area contributed by atoms with Gasteiger partial charge in [0, 0.05) is 11.6 Å². The first-order valence-corrected chi connectivity index (χ1v) is 9.06. The first kappa shape index (κ1) is 16.3. The van der Waals surface area contributed by atoms with Crippen LogP contribution in [0, 0.1) is 25.2 Å². The molecule has 0 bridgehead atoms. The Bertz CT molecular complexity index is 1120. The Labute approximate surface area is 155 Å². The van der Waals surface area contributed by atoms with Crippen LogP contribution in [0.2, 0.25) is 0 Å². The van der Waals surface area contributed by atoms with E-state index < -0.39 is 0 Å². The SMILES string of the molecule is Cc1cc(C)c2ncc(C#N)c(NCc3coc(-c4cccs4)n3)c2c1. The Hall–Kier alpha value is -3.17. The van der Waals surface area contributed by atoms with E-state index in [1.807, 2.05) is 31.4 Å². The van der Waals surface area contributed by atoms with Crippen LogP contribution >= 0.6 is 11.3 Å². The third-order valence-corrected chi connectivity index (χ3v) is 5.01. The number of nitrogens with zero attached hydrogens (tertiary/aromatic N) is 3. The van der Waals surface area contributed by atoms with Gasteiger partial charge in [0.1, 0.15) is 12.3 Å². The molecule has 0 aliphatic carbocycles. The molecule has 3 heterocycles. The van der Waals surface area contributed by atoms with Crippen molar-refractivity contribution >= 4 is 27.9 Å². The van der Waals surface area contributed by atoms with Crippen molar-refractivity contribution in [2.75, 3.05) is 5.32 Å². The first-order chi connectivity index (χ1) is 12.7. The summed E-state index contributed by atoms with van der Waals surface area (Å²) in [7, 11) is 0. The van der Waals surface area contributed by atoms with Gasteiger partial charge in [0.05, 0.1) is 33.9 Å². The minimum Gasteiger partial charge on any atom is -0.443 e. The maximum absolute atomic E-state index is 9.48. The number of oxazole rings is 1. The molecule has 0 atom stereocenters. The molecule has 6 heteroatoms. The molecule has 4 aromatic rings. The van der Waals surface area contributed by atoms with Gasteiger partial charge < -0.3 is 9.73 Å². The highest BCUT2D eigenvalue weighted by atomic mass is 32.1. The molecule has 0 saturated heterocycles. The second kappa shape index (κ2) is 6.62. The van der Waals surface area contributed by atoms with E-state index in [4.69, 9.17) is 4.42 Å². The van der Waals surface area contributed by atoms with Crippen molar-refractivity contribution in [3.05, 3.63) is 64.5 Å². The smallest absolute Gasteiger partial charge is 0.236 e. The number of hydrogen-bond donors (Lipinski definition) is 1. The van der Waals surface area contributed by atoms with E-state index in [1.165, 1.54) is 0 Å². The quantitative estimate of drug-likeness (QED) is 0.551. The highest BCUT2D eigenvalue weighted by Crippen LogP contribution is 2.29. The molecule has 1 N–H and O–H groups in total. The lowest BCUT2D eigenvalue weighted by atomic mass is 10.0. The van der Waals surface area contributed by atoms with Crippen LogP contribution in [-0.2, 0) is 6.54 Å². The number of aryl methyl sites for hydroxylation is 2. The van der Waals surface area contributed by atoms with Crippen LogP contribution in [0.1, 0.15) is 22.4 Å². The highest BCUT2D eigenvalue weighted by molar-refractivity contribution is 7.13. The van der Waals surface area contributed by atoms with Gasteiger partial charge in [0.15, 0.2) is 0 Å². The molecule has 128 valence electrons. The molecular weight excluding hydrogens is 344 g/mol. The van der Waals surface area contributed by atoms with Crippen molar-refractivity contribution < 1.29 is 4.42 Å². The monoisotopic (exact) mass is 360 g/mol. The van der Waals surface area contributed by atoms with Crippen molar-refractivity contribution in [1.29, 1.82) is 5.26 Å². The van der Waals surface area contributed by atoms with Crippen molar-refractivity contribution in [3.8, 4) is 16.8 Å². The molecule has 0 aliphatic rings. The van der Waals surface area contributed by atoms with Gasteiger partial charge in [-0.15, -0.1) is 11.3 Å². The number of nitrogens with one attached hydrogen (secondary N) is 1. The second-order valence-corrected chi connectivity index (χ2v) is 7.06. The summed E-state index contributed by atoms with van der Waals surface area (Å²) in [5.41, 5.74) is 5.21. The summed E-state index contributed by atoms with van der Waals surface area (Å²) in [4.78, 5) is 9.97. The lowest BCUT2D eigenvalue weighted by Gasteiger charge is -2.12. The Balaban J connectivity index is 1.68. The van der Waals surface area contributed by atoms with Crippen LogP contribution in [0.3, 0.4) is 0 Å². The van der Waals surface area contributed by atoms with E-state index >= 15 is 0 Å². The Morgan fingerprint density at radius 3 is 2.96 bits per heavy atom. The number of rotatable bonds is 4. The standard InChI is InChI=1S/C20H16N4OS/c1-12-6-13(2)18-16(7-12)19(14(8-21)9-22-18)23-10-15-11-25-20(24-15)17-4-3-5-26-17/h3-7,9,11H,10H2,1-2H3,(H,22,23). The van der Waals surface area contributed by atoms with E-state index in [1.54, 1.807) is 23.8 Å². The van der Waals surface area contributed by atoms with Crippen molar-refractivity contribution in [2.45, 2.75) is 20.4 Å². The number of nitriles is 1. The Morgan fingerprint density at radius 1 is 1.31 bits per heavy atom. The molecule has 0 amide bonds. The van der Waals surface area contributed by atoms with Crippen molar-refractivity contribution in [3.63, 3.8) is 0 Å². The summed E-state index contributed by atoms with van der Waals surface area (Å²) in [5, 5.41) is 15.8. The molecule has 26 heavy (non-hydrogen) atoms. The minimum absolute atomic E-state index is 0.468. The predicted molar refractivity (Wildman–Crippen MR) is 103 cm³/mol. The summed E-state index contributed by atoms with van der Waals surface area (Å²) < 4.78 is 5.56. The lowest BCUT2D eigenvalue weighted by Crippen LogP contribution is -2.04. The van der Waals surface area contributed by atoms with E-state index in [9.17, 15) is 5.26 Å². The largest absolute Gasteiger partial charge is 0.443 e. The fourth-order valence-corrected chi connectivity index (χ4v) is 3.67. The van der Waals surface area contributed by atoms with Crippen molar-refractivity contribution in [1.82, 2.24) is 9.97 Å². The molecule has 0 spiro atoms. The van der Waals surface area contributed by atoms with Gasteiger partial charge in [-0.2, -0.15) is 5.26 Å². The maximum atomic E-state index is 9.48. The number of thiophene rings is 1. The summed E-state index contributed by atoms with van der Waals surface area (Å²) in [6, 6.07) is 10.3. The van der Waals surface area contributed by atoms with Gasteiger partial charge in [0.25, 0.3) is 0 Å². The van der Waals surface area contributed by atoms with Crippen LogP contribution in [0.5, 0.6) is 0 Å². The number of benzene rings is 1. The number of pyridine rings is 1. The first-order valence-electron chi connectivity index (χ1n) is 8.18. The van der Waals surface area contributed by atoms with Gasteiger partial charge in [-0.05, 0) is 36.9 Å².